The summed E-state index contributed by atoms with van der Waals surface area (Å²) in [5, 5.41) is 34.3. The molecular weight excluding hydrogens is 506 g/mol. The minimum Gasteiger partial charge on any atom is -0.481 e. The van der Waals surface area contributed by atoms with Crippen LogP contribution < -0.4 is 27.4 Å². The number of hydrogen-bond acceptors (Lipinski definition) is 8. The molecule has 0 aromatic heterocycles. The van der Waals surface area contributed by atoms with Crippen LogP contribution in [0.3, 0.4) is 0 Å². The maximum absolute atomic E-state index is 12.9. The Morgan fingerprint density at radius 2 is 1.16 bits per heavy atom. The summed E-state index contributed by atoms with van der Waals surface area (Å²) in [6.07, 6.45) is -2.68. The summed E-state index contributed by atoms with van der Waals surface area (Å²) in [6.45, 7) is 0. The van der Waals surface area contributed by atoms with Crippen LogP contribution in [0, 0.1) is 0 Å². The number of aliphatic carboxylic acids is 3. The van der Waals surface area contributed by atoms with E-state index in [1.165, 1.54) is 0 Å². The van der Waals surface area contributed by atoms with Gasteiger partial charge in [-0.1, -0.05) is 30.3 Å². The van der Waals surface area contributed by atoms with Crippen molar-refractivity contribution >= 4 is 41.5 Å². The van der Waals surface area contributed by atoms with Gasteiger partial charge in [-0.05, 0) is 18.4 Å². The van der Waals surface area contributed by atoms with E-state index in [0.717, 1.165) is 0 Å². The SMILES string of the molecule is NC(=O)CC(N)C(=O)NC(CCC(=O)O)C(=O)NC(CCC(=O)O)C(=O)NC(Cc1ccccc1)C(=O)O. The first-order chi connectivity index (χ1) is 17.8. The zero-order valence-electron chi connectivity index (χ0n) is 20.3. The van der Waals surface area contributed by atoms with Crippen molar-refractivity contribution in [2.24, 2.45) is 11.5 Å². The number of benzene rings is 1. The topological polar surface area (TPSA) is 268 Å². The normalized spacial score (nSPS) is 13.7. The number of carbonyl (C=O) groups excluding carboxylic acids is 4. The summed E-state index contributed by atoms with van der Waals surface area (Å²) in [5.74, 6) is -7.92. The third kappa shape index (κ3) is 11.9. The molecule has 0 heterocycles. The molecule has 0 aliphatic heterocycles. The maximum atomic E-state index is 12.9. The summed E-state index contributed by atoms with van der Waals surface area (Å²) in [4.78, 5) is 82.9. The molecule has 0 aliphatic carbocycles. The third-order valence-electron chi connectivity index (χ3n) is 5.21. The van der Waals surface area contributed by atoms with E-state index in [1.807, 2.05) is 0 Å². The third-order valence-corrected chi connectivity index (χ3v) is 5.21. The molecule has 0 saturated heterocycles. The summed E-state index contributed by atoms with van der Waals surface area (Å²) in [5.41, 5.74) is 11.1. The van der Waals surface area contributed by atoms with Gasteiger partial charge in [-0.2, -0.15) is 0 Å². The van der Waals surface area contributed by atoms with Gasteiger partial charge in [-0.25, -0.2) is 4.79 Å². The van der Waals surface area contributed by atoms with Crippen LogP contribution in [0.1, 0.15) is 37.7 Å². The number of hydrogen-bond donors (Lipinski definition) is 8. The molecule has 15 nitrogen and oxygen atoms in total. The Kier molecular flexibility index (Phi) is 12.9. The first-order valence-corrected chi connectivity index (χ1v) is 11.5. The molecule has 4 unspecified atom stereocenters. The molecule has 0 radical (unpaired) electrons. The van der Waals surface area contributed by atoms with Crippen LogP contribution in [-0.4, -0.2) is 81.0 Å². The van der Waals surface area contributed by atoms with Gasteiger partial charge < -0.3 is 42.7 Å². The van der Waals surface area contributed by atoms with Crippen LogP contribution in [0.25, 0.3) is 0 Å². The van der Waals surface area contributed by atoms with Crippen molar-refractivity contribution in [3.05, 3.63) is 35.9 Å². The predicted molar refractivity (Wildman–Crippen MR) is 129 cm³/mol. The fraction of sp³-hybridized carbons (Fsp3) is 0.435. The largest absolute Gasteiger partial charge is 0.481 e. The minimum absolute atomic E-state index is 0.101. The van der Waals surface area contributed by atoms with Gasteiger partial charge in [0.25, 0.3) is 0 Å². The second-order valence-electron chi connectivity index (χ2n) is 8.35. The van der Waals surface area contributed by atoms with E-state index in [0.29, 0.717) is 5.56 Å². The average Bonchev–Trinajstić information content (AvgIpc) is 2.83. The number of primary amides is 1. The van der Waals surface area contributed by atoms with Crippen LogP contribution in [-0.2, 0) is 40.0 Å². The van der Waals surface area contributed by atoms with E-state index in [4.69, 9.17) is 21.7 Å². The van der Waals surface area contributed by atoms with Gasteiger partial charge in [0.05, 0.1) is 12.5 Å². The Bertz CT molecular complexity index is 1030. The van der Waals surface area contributed by atoms with Crippen molar-refractivity contribution in [3.63, 3.8) is 0 Å². The van der Waals surface area contributed by atoms with E-state index in [1.54, 1.807) is 30.3 Å². The maximum Gasteiger partial charge on any atom is 0.326 e. The summed E-state index contributed by atoms with van der Waals surface area (Å²) < 4.78 is 0. The predicted octanol–water partition coefficient (Wildman–Crippen LogP) is -2.30. The fourth-order valence-electron chi connectivity index (χ4n) is 3.26. The lowest BCUT2D eigenvalue weighted by molar-refractivity contribution is -0.143. The van der Waals surface area contributed by atoms with Crippen molar-refractivity contribution in [1.29, 1.82) is 0 Å². The lowest BCUT2D eigenvalue weighted by Gasteiger charge is -2.25. The van der Waals surface area contributed by atoms with Crippen LogP contribution in [0.15, 0.2) is 30.3 Å². The lowest BCUT2D eigenvalue weighted by atomic mass is 10.0. The van der Waals surface area contributed by atoms with Crippen LogP contribution in [0.5, 0.6) is 0 Å². The smallest absolute Gasteiger partial charge is 0.326 e. The number of carbonyl (C=O) groups is 7. The molecule has 0 spiro atoms. The van der Waals surface area contributed by atoms with E-state index >= 15 is 0 Å². The summed E-state index contributed by atoms with van der Waals surface area (Å²) in [6, 6.07) is 2.43. The highest BCUT2D eigenvalue weighted by molar-refractivity contribution is 5.95. The Morgan fingerprint density at radius 3 is 1.58 bits per heavy atom. The standard InChI is InChI=1S/C23H31N5O10/c24-13(11-17(25)29)20(34)26-14(6-8-18(30)31)21(35)27-15(7-9-19(32)33)22(36)28-16(23(37)38)10-12-4-2-1-3-5-12/h1-5,13-16H,6-11,24H2,(H2,25,29)(H,26,34)(H,27,35)(H,28,36)(H,30,31)(H,32,33)(H,37,38). The lowest BCUT2D eigenvalue weighted by Crippen LogP contribution is -2.57. The minimum atomic E-state index is -1.54. The molecule has 1 aromatic rings. The molecule has 0 fully saturated rings. The monoisotopic (exact) mass is 537 g/mol. The van der Waals surface area contributed by atoms with Crippen molar-refractivity contribution in [3.8, 4) is 0 Å². The van der Waals surface area contributed by atoms with Crippen LogP contribution in [0.4, 0.5) is 0 Å². The molecular formula is C23H31N5O10. The van der Waals surface area contributed by atoms with Gasteiger partial charge in [-0.3, -0.25) is 28.8 Å². The molecule has 208 valence electrons. The molecule has 0 bridgehead atoms. The van der Waals surface area contributed by atoms with Gasteiger partial charge in [0.1, 0.15) is 18.1 Å². The van der Waals surface area contributed by atoms with E-state index in [-0.39, 0.29) is 6.42 Å². The van der Waals surface area contributed by atoms with Gasteiger partial charge in [0, 0.05) is 19.3 Å². The Labute approximate surface area is 216 Å². The number of amides is 4. The van der Waals surface area contributed by atoms with Crippen molar-refractivity contribution < 1.29 is 48.9 Å². The number of rotatable bonds is 17. The number of carboxylic acids is 3. The van der Waals surface area contributed by atoms with Gasteiger partial charge >= 0.3 is 17.9 Å². The molecule has 0 saturated carbocycles. The Hall–Kier alpha value is -4.53. The van der Waals surface area contributed by atoms with Crippen molar-refractivity contribution in [2.45, 2.75) is 62.7 Å². The van der Waals surface area contributed by atoms with Gasteiger partial charge in [0.2, 0.25) is 23.6 Å². The number of carboxylic acid groups (broad SMARTS) is 3. The second kappa shape index (κ2) is 15.6. The van der Waals surface area contributed by atoms with Crippen LogP contribution >= 0.6 is 0 Å². The molecule has 38 heavy (non-hydrogen) atoms. The quantitative estimate of drug-likeness (QED) is 0.105. The molecule has 0 aliphatic rings. The first kappa shape index (κ1) is 31.5. The van der Waals surface area contributed by atoms with E-state index in [9.17, 15) is 38.7 Å². The molecule has 4 atom stereocenters. The Morgan fingerprint density at radius 1 is 0.711 bits per heavy atom. The van der Waals surface area contributed by atoms with Crippen molar-refractivity contribution in [2.75, 3.05) is 0 Å². The van der Waals surface area contributed by atoms with Gasteiger partial charge in [-0.15, -0.1) is 0 Å². The zero-order chi connectivity index (χ0) is 28.8. The summed E-state index contributed by atoms with van der Waals surface area (Å²) in [7, 11) is 0. The highest BCUT2D eigenvalue weighted by Crippen LogP contribution is 2.07. The second-order valence-corrected chi connectivity index (χ2v) is 8.35. The molecule has 1 aromatic carbocycles. The van der Waals surface area contributed by atoms with E-state index < -0.39 is 97.8 Å². The zero-order valence-corrected chi connectivity index (χ0v) is 20.3. The molecule has 10 N–H and O–H groups in total. The Balaban J connectivity index is 3.07. The van der Waals surface area contributed by atoms with E-state index in [2.05, 4.69) is 16.0 Å². The van der Waals surface area contributed by atoms with Crippen LogP contribution in [0.2, 0.25) is 0 Å². The molecule has 1 rings (SSSR count). The highest BCUT2D eigenvalue weighted by Gasteiger charge is 2.31. The van der Waals surface area contributed by atoms with Crippen molar-refractivity contribution in [1.82, 2.24) is 16.0 Å². The molecule has 15 heteroatoms. The number of nitrogens with one attached hydrogen (secondary N) is 3. The number of nitrogens with two attached hydrogens (primary N) is 2. The fourth-order valence-corrected chi connectivity index (χ4v) is 3.26. The van der Waals surface area contributed by atoms with Gasteiger partial charge in [0.15, 0.2) is 0 Å². The summed E-state index contributed by atoms with van der Waals surface area (Å²) >= 11 is 0. The average molecular weight is 538 g/mol. The molecule has 4 amide bonds. The first-order valence-electron chi connectivity index (χ1n) is 11.5. The highest BCUT2D eigenvalue weighted by atomic mass is 16.4.